The molecule has 5 nitrogen and oxygen atoms in total. The summed E-state index contributed by atoms with van der Waals surface area (Å²) in [4.78, 5) is 5.06. The number of nitrogens with one attached hydrogen (secondary N) is 1. The van der Waals surface area contributed by atoms with Crippen molar-refractivity contribution in [1.82, 2.24) is 9.55 Å². The third kappa shape index (κ3) is 3.96. The lowest BCUT2D eigenvalue weighted by atomic mass is 10.1. The van der Waals surface area contributed by atoms with E-state index in [2.05, 4.69) is 15.4 Å². The van der Waals surface area contributed by atoms with Crippen molar-refractivity contribution in [3.63, 3.8) is 0 Å². The zero-order valence-corrected chi connectivity index (χ0v) is 18.0. The van der Waals surface area contributed by atoms with Gasteiger partial charge >= 0.3 is 0 Å². The summed E-state index contributed by atoms with van der Waals surface area (Å²) in [6.07, 6.45) is 2.06. The summed E-state index contributed by atoms with van der Waals surface area (Å²) >= 11 is 0. The number of nitrogens with zero attached hydrogens (tertiary/aromatic N) is 2. The Morgan fingerprint density at radius 3 is 2.30 bits per heavy atom. The topological polar surface area (TPSA) is 64.0 Å². The second-order valence-corrected chi connectivity index (χ2v) is 8.95. The maximum absolute atomic E-state index is 13.1. The minimum Gasteiger partial charge on any atom is -0.331 e. The predicted octanol–water partition coefficient (Wildman–Crippen LogP) is 4.72. The molecule has 4 aromatic rings. The van der Waals surface area contributed by atoms with E-state index in [9.17, 15) is 8.42 Å². The fraction of sp³-hybridized carbons (Fsp3) is 0.208. The van der Waals surface area contributed by atoms with E-state index in [1.54, 1.807) is 12.1 Å². The van der Waals surface area contributed by atoms with Crippen LogP contribution in [0.15, 0.2) is 77.7 Å². The highest BCUT2D eigenvalue weighted by Gasteiger charge is 2.19. The Hall–Kier alpha value is -3.12. The molecule has 4 rings (SSSR count). The summed E-state index contributed by atoms with van der Waals surface area (Å²) in [5.74, 6) is 0.977. The van der Waals surface area contributed by atoms with Gasteiger partial charge in [-0.2, -0.15) is 0 Å². The number of aryl methyl sites for hydroxylation is 4. The number of sulfonamides is 1. The van der Waals surface area contributed by atoms with E-state index in [1.807, 2.05) is 68.6 Å². The standard InChI is InChI=1S/C24H25N3O2S/c1-3-18-10-5-9-15-23(18)30(28,29)26-20-12-6-4-11-19(20)16-17-24-25-21-13-7-8-14-22(21)27(24)2/h4-15,26H,3,16-17H2,1-2H3. The lowest BCUT2D eigenvalue weighted by molar-refractivity contribution is 0.600. The Bertz CT molecular complexity index is 1290. The van der Waals surface area contributed by atoms with Crippen molar-refractivity contribution in [2.45, 2.75) is 31.1 Å². The molecule has 0 atom stereocenters. The van der Waals surface area contributed by atoms with Crippen LogP contribution in [0.1, 0.15) is 23.9 Å². The number of hydrogen-bond donors (Lipinski definition) is 1. The molecule has 6 heteroatoms. The maximum atomic E-state index is 13.1. The van der Waals surface area contributed by atoms with Gasteiger partial charge in [-0.3, -0.25) is 4.72 Å². The van der Waals surface area contributed by atoms with Crippen LogP contribution in [0, 0.1) is 0 Å². The maximum Gasteiger partial charge on any atom is 0.262 e. The highest BCUT2D eigenvalue weighted by Crippen LogP contribution is 2.24. The van der Waals surface area contributed by atoms with Crippen LogP contribution in [0.25, 0.3) is 11.0 Å². The lowest BCUT2D eigenvalue weighted by Crippen LogP contribution is -2.16. The Morgan fingerprint density at radius 2 is 1.53 bits per heavy atom. The summed E-state index contributed by atoms with van der Waals surface area (Å²) in [7, 11) is -1.65. The van der Waals surface area contributed by atoms with Crippen molar-refractivity contribution < 1.29 is 8.42 Å². The molecule has 0 radical (unpaired) electrons. The Labute approximate surface area is 177 Å². The molecule has 0 aliphatic heterocycles. The smallest absolute Gasteiger partial charge is 0.262 e. The molecule has 1 heterocycles. The van der Waals surface area contributed by atoms with Gasteiger partial charge < -0.3 is 4.57 Å². The second-order valence-electron chi connectivity index (χ2n) is 7.30. The monoisotopic (exact) mass is 419 g/mol. The molecule has 0 saturated heterocycles. The normalized spacial score (nSPS) is 11.7. The SMILES string of the molecule is CCc1ccccc1S(=O)(=O)Nc1ccccc1CCc1nc2ccccc2n1C. The van der Waals surface area contributed by atoms with Gasteiger partial charge in [-0.15, -0.1) is 0 Å². The van der Waals surface area contributed by atoms with Crippen molar-refractivity contribution in [2.75, 3.05) is 4.72 Å². The van der Waals surface area contributed by atoms with Gasteiger partial charge in [0.05, 0.1) is 21.6 Å². The van der Waals surface area contributed by atoms with E-state index < -0.39 is 10.0 Å². The first-order valence-corrected chi connectivity index (χ1v) is 11.6. The van der Waals surface area contributed by atoms with Gasteiger partial charge in [0.1, 0.15) is 5.82 Å². The van der Waals surface area contributed by atoms with E-state index in [-0.39, 0.29) is 0 Å². The molecule has 0 unspecified atom stereocenters. The summed E-state index contributed by atoms with van der Waals surface area (Å²) in [6.45, 7) is 1.96. The molecule has 0 amide bonds. The number of anilines is 1. The van der Waals surface area contributed by atoms with Crippen molar-refractivity contribution in [1.29, 1.82) is 0 Å². The van der Waals surface area contributed by atoms with Gasteiger partial charge in [0.25, 0.3) is 10.0 Å². The van der Waals surface area contributed by atoms with Gasteiger partial charge in [0.15, 0.2) is 0 Å². The fourth-order valence-electron chi connectivity index (χ4n) is 3.76. The molecule has 0 aliphatic rings. The first-order valence-electron chi connectivity index (χ1n) is 10.1. The molecule has 0 aliphatic carbocycles. The molecule has 30 heavy (non-hydrogen) atoms. The molecule has 0 saturated carbocycles. The number of aromatic nitrogens is 2. The highest BCUT2D eigenvalue weighted by atomic mass is 32.2. The number of rotatable bonds is 7. The van der Waals surface area contributed by atoms with E-state index in [1.165, 1.54) is 0 Å². The predicted molar refractivity (Wildman–Crippen MR) is 121 cm³/mol. The van der Waals surface area contributed by atoms with Crippen LogP contribution < -0.4 is 4.72 Å². The summed E-state index contributed by atoms with van der Waals surface area (Å²) < 4.78 is 31.0. The van der Waals surface area contributed by atoms with Gasteiger partial charge in [-0.05, 0) is 48.2 Å². The molecule has 1 aromatic heterocycles. The number of hydrogen-bond acceptors (Lipinski definition) is 3. The molecule has 154 valence electrons. The molecule has 1 N–H and O–H groups in total. The van der Waals surface area contributed by atoms with Gasteiger partial charge in [-0.1, -0.05) is 55.5 Å². The van der Waals surface area contributed by atoms with Crippen LogP contribution in [0.4, 0.5) is 5.69 Å². The minimum absolute atomic E-state index is 0.331. The molecule has 0 bridgehead atoms. The van der Waals surface area contributed by atoms with Crippen LogP contribution in [0.3, 0.4) is 0 Å². The van der Waals surface area contributed by atoms with Crippen LogP contribution in [0.5, 0.6) is 0 Å². The van der Waals surface area contributed by atoms with E-state index in [4.69, 9.17) is 4.98 Å². The molecule has 3 aromatic carbocycles. The van der Waals surface area contributed by atoms with Crippen molar-refractivity contribution in [2.24, 2.45) is 7.05 Å². The van der Waals surface area contributed by atoms with Crippen LogP contribution in [-0.4, -0.2) is 18.0 Å². The molecule has 0 fully saturated rings. The lowest BCUT2D eigenvalue weighted by Gasteiger charge is -2.14. The first-order chi connectivity index (χ1) is 14.5. The largest absolute Gasteiger partial charge is 0.331 e. The molecule has 0 spiro atoms. The van der Waals surface area contributed by atoms with E-state index in [0.717, 1.165) is 34.4 Å². The average Bonchev–Trinajstić information content (AvgIpc) is 3.08. The quantitative estimate of drug-likeness (QED) is 0.471. The number of fused-ring (bicyclic) bond motifs is 1. The number of benzene rings is 3. The zero-order chi connectivity index (χ0) is 21.1. The zero-order valence-electron chi connectivity index (χ0n) is 17.2. The third-order valence-corrected chi connectivity index (χ3v) is 6.87. The molecular formula is C24H25N3O2S. The van der Waals surface area contributed by atoms with Gasteiger partial charge in [0.2, 0.25) is 0 Å². The van der Waals surface area contributed by atoms with E-state index >= 15 is 0 Å². The van der Waals surface area contributed by atoms with E-state index in [0.29, 0.717) is 23.4 Å². The summed E-state index contributed by atoms with van der Waals surface area (Å²) in [5.41, 5.74) is 4.43. The highest BCUT2D eigenvalue weighted by molar-refractivity contribution is 7.92. The average molecular weight is 420 g/mol. The minimum atomic E-state index is -3.66. The third-order valence-electron chi connectivity index (χ3n) is 5.40. The van der Waals surface area contributed by atoms with Crippen molar-refractivity contribution in [3.05, 3.63) is 89.7 Å². The number of para-hydroxylation sites is 3. The second kappa shape index (κ2) is 8.32. The Morgan fingerprint density at radius 1 is 0.867 bits per heavy atom. The Balaban J connectivity index is 1.59. The fourth-order valence-corrected chi connectivity index (χ4v) is 5.18. The summed E-state index contributed by atoms with van der Waals surface area (Å²) in [5, 5.41) is 0. The van der Waals surface area contributed by atoms with Crippen molar-refractivity contribution in [3.8, 4) is 0 Å². The van der Waals surface area contributed by atoms with Crippen molar-refractivity contribution >= 4 is 26.7 Å². The van der Waals surface area contributed by atoms with Gasteiger partial charge in [-0.25, -0.2) is 13.4 Å². The van der Waals surface area contributed by atoms with Crippen LogP contribution in [0.2, 0.25) is 0 Å². The summed E-state index contributed by atoms with van der Waals surface area (Å²) in [6, 6.07) is 22.7. The first kappa shape index (κ1) is 20.2. The Kier molecular flexibility index (Phi) is 5.59. The van der Waals surface area contributed by atoms with Crippen LogP contribution >= 0.6 is 0 Å². The van der Waals surface area contributed by atoms with Gasteiger partial charge in [0, 0.05) is 13.5 Å². The molecular weight excluding hydrogens is 394 g/mol. The van der Waals surface area contributed by atoms with Crippen LogP contribution in [-0.2, 0) is 36.3 Å². The number of imidazole rings is 1.